The Bertz CT molecular complexity index is 392. The van der Waals surface area contributed by atoms with Gasteiger partial charge in [-0.15, -0.1) is 0 Å². The van der Waals surface area contributed by atoms with Crippen LogP contribution in [0.3, 0.4) is 0 Å². The summed E-state index contributed by atoms with van der Waals surface area (Å²) in [5, 5.41) is 3.21. The van der Waals surface area contributed by atoms with Gasteiger partial charge < -0.3 is 10.1 Å². The molecule has 0 aromatic carbocycles. The number of nitrogens with zero attached hydrogens (tertiary/aromatic N) is 1. The highest BCUT2D eigenvalue weighted by Crippen LogP contribution is 2.15. The Balaban J connectivity index is 1.79. The molecule has 17 heavy (non-hydrogen) atoms. The number of amides is 1. The van der Waals surface area contributed by atoms with Crippen LogP contribution in [-0.2, 0) is 4.74 Å². The van der Waals surface area contributed by atoms with Gasteiger partial charge in [-0.2, -0.15) is 0 Å². The average molecular weight is 255 g/mol. The molecule has 1 unspecified atom stereocenters. The maximum absolute atomic E-state index is 11.8. The lowest BCUT2D eigenvalue weighted by Crippen LogP contribution is -2.27. The second-order valence-electron chi connectivity index (χ2n) is 4.04. The molecule has 4 nitrogen and oxygen atoms in total. The maximum atomic E-state index is 11.8. The zero-order valence-corrected chi connectivity index (χ0v) is 10.2. The van der Waals surface area contributed by atoms with Crippen molar-refractivity contribution >= 4 is 17.5 Å². The number of ether oxygens (including phenoxy) is 1. The zero-order valence-electron chi connectivity index (χ0n) is 9.49. The summed E-state index contributed by atoms with van der Waals surface area (Å²) in [6.45, 7) is 1.46. The van der Waals surface area contributed by atoms with Crippen LogP contribution in [0.15, 0.2) is 18.5 Å². The second-order valence-corrected chi connectivity index (χ2v) is 4.44. The zero-order chi connectivity index (χ0) is 12.1. The fourth-order valence-electron chi connectivity index (χ4n) is 1.87. The molecule has 92 valence electrons. The first-order chi connectivity index (χ1) is 8.27. The summed E-state index contributed by atoms with van der Waals surface area (Å²) in [6.07, 6.45) is 6.38. The van der Waals surface area contributed by atoms with Crippen LogP contribution in [0.25, 0.3) is 0 Å². The number of carbonyl (C=O) groups excluding carboxylic acids is 1. The molecule has 0 aliphatic carbocycles. The van der Waals surface area contributed by atoms with Gasteiger partial charge in [-0.25, -0.2) is 0 Å². The molecule has 1 aromatic rings. The topological polar surface area (TPSA) is 51.2 Å². The number of pyridine rings is 1. The Morgan fingerprint density at radius 1 is 1.65 bits per heavy atom. The van der Waals surface area contributed by atoms with Crippen molar-refractivity contribution in [3.63, 3.8) is 0 Å². The van der Waals surface area contributed by atoms with Crippen molar-refractivity contribution in [2.75, 3.05) is 13.2 Å². The summed E-state index contributed by atoms with van der Waals surface area (Å²) in [5.74, 6) is -0.157. The van der Waals surface area contributed by atoms with Gasteiger partial charge in [-0.05, 0) is 25.3 Å². The van der Waals surface area contributed by atoms with Crippen molar-refractivity contribution in [1.29, 1.82) is 0 Å². The summed E-state index contributed by atoms with van der Waals surface area (Å²) < 4.78 is 5.48. The first-order valence-electron chi connectivity index (χ1n) is 5.76. The number of hydrogen-bond donors (Lipinski definition) is 1. The van der Waals surface area contributed by atoms with Gasteiger partial charge in [0.25, 0.3) is 5.91 Å². The monoisotopic (exact) mass is 254 g/mol. The Morgan fingerprint density at radius 3 is 3.24 bits per heavy atom. The van der Waals surface area contributed by atoms with Crippen molar-refractivity contribution in [1.82, 2.24) is 10.3 Å². The van der Waals surface area contributed by atoms with Gasteiger partial charge in [0.1, 0.15) is 0 Å². The minimum absolute atomic E-state index is 0.157. The highest BCUT2D eigenvalue weighted by molar-refractivity contribution is 6.33. The van der Waals surface area contributed by atoms with E-state index < -0.39 is 0 Å². The first-order valence-corrected chi connectivity index (χ1v) is 6.14. The normalized spacial score (nSPS) is 19.2. The van der Waals surface area contributed by atoms with Crippen LogP contribution in [-0.4, -0.2) is 30.1 Å². The third kappa shape index (κ3) is 3.41. The molecule has 2 heterocycles. The minimum Gasteiger partial charge on any atom is -0.378 e. The van der Waals surface area contributed by atoms with E-state index in [9.17, 15) is 4.79 Å². The molecule has 0 saturated carbocycles. The van der Waals surface area contributed by atoms with Gasteiger partial charge in [0.15, 0.2) is 0 Å². The minimum atomic E-state index is -0.157. The predicted molar refractivity (Wildman–Crippen MR) is 65.2 cm³/mol. The number of aromatic nitrogens is 1. The standard InChI is InChI=1S/C12H15ClN2O2/c13-11-8-14-5-4-10(11)12(16)15-6-3-9-2-1-7-17-9/h4-5,8-9H,1-3,6-7H2,(H,15,16). The number of rotatable bonds is 4. The lowest BCUT2D eigenvalue weighted by atomic mass is 10.2. The van der Waals surface area contributed by atoms with E-state index in [2.05, 4.69) is 10.3 Å². The molecule has 0 radical (unpaired) electrons. The molecule has 1 aromatic heterocycles. The Morgan fingerprint density at radius 2 is 2.53 bits per heavy atom. The van der Waals surface area contributed by atoms with Gasteiger partial charge in [-0.1, -0.05) is 11.6 Å². The smallest absolute Gasteiger partial charge is 0.252 e. The first kappa shape index (κ1) is 12.3. The van der Waals surface area contributed by atoms with Crippen LogP contribution >= 0.6 is 11.6 Å². The fraction of sp³-hybridized carbons (Fsp3) is 0.500. The van der Waals surface area contributed by atoms with Crippen LogP contribution in [0.2, 0.25) is 5.02 Å². The van der Waals surface area contributed by atoms with Crippen LogP contribution < -0.4 is 5.32 Å². The predicted octanol–water partition coefficient (Wildman–Crippen LogP) is 2.03. The van der Waals surface area contributed by atoms with E-state index >= 15 is 0 Å². The molecule has 1 aliphatic rings. The molecule has 0 bridgehead atoms. The van der Waals surface area contributed by atoms with Crippen LogP contribution in [0.1, 0.15) is 29.6 Å². The lowest BCUT2D eigenvalue weighted by Gasteiger charge is -2.10. The van der Waals surface area contributed by atoms with Crippen LogP contribution in [0.5, 0.6) is 0 Å². The summed E-state index contributed by atoms with van der Waals surface area (Å²) in [6, 6.07) is 1.61. The number of nitrogens with one attached hydrogen (secondary N) is 1. The Hall–Kier alpha value is -1.13. The van der Waals surface area contributed by atoms with E-state index in [1.165, 1.54) is 6.20 Å². The molecule has 1 atom stereocenters. The molecule has 1 fully saturated rings. The van der Waals surface area contributed by atoms with E-state index in [0.717, 1.165) is 25.9 Å². The van der Waals surface area contributed by atoms with E-state index in [-0.39, 0.29) is 5.91 Å². The summed E-state index contributed by atoms with van der Waals surface area (Å²) >= 11 is 5.88. The number of hydrogen-bond acceptors (Lipinski definition) is 3. The molecule has 2 rings (SSSR count). The molecule has 1 saturated heterocycles. The molecule has 5 heteroatoms. The van der Waals surface area contributed by atoms with Crippen molar-refractivity contribution in [3.8, 4) is 0 Å². The Kier molecular flexibility index (Phi) is 4.34. The third-order valence-electron chi connectivity index (χ3n) is 2.79. The average Bonchev–Trinajstić information content (AvgIpc) is 2.82. The largest absolute Gasteiger partial charge is 0.378 e. The van der Waals surface area contributed by atoms with Crippen molar-refractivity contribution < 1.29 is 9.53 Å². The fourth-order valence-corrected chi connectivity index (χ4v) is 2.08. The van der Waals surface area contributed by atoms with E-state index in [1.807, 2.05) is 0 Å². The number of halogens is 1. The Labute approximate surface area is 105 Å². The molecule has 0 spiro atoms. The van der Waals surface area contributed by atoms with E-state index in [0.29, 0.717) is 23.2 Å². The van der Waals surface area contributed by atoms with Gasteiger partial charge in [0.2, 0.25) is 0 Å². The van der Waals surface area contributed by atoms with Crippen molar-refractivity contribution in [2.45, 2.75) is 25.4 Å². The van der Waals surface area contributed by atoms with Crippen molar-refractivity contribution in [2.24, 2.45) is 0 Å². The summed E-state index contributed by atoms with van der Waals surface area (Å²) in [4.78, 5) is 15.6. The van der Waals surface area contributed by atoms with E-state index in [4.69, 9.17) is 16.3 Å². The van der Waals surface area contributed by atoms with Crippen molar-refractivity contribution in [3.05, 3.63) is 29.0 Å². The van der Waals surface area contributed by atoms with Gasteiger partial charge in [0, 0.05) is 25.5 Å². The van der Waals surface area contributed by atoms with Gasteiger partial charge in [-0.3, -0.25) is 9.78 Å². The molecule has 1 aliphatic heterocycles. The molecular weight excluding hydrogens is 240 g/mol. The van der Waals surface area contributed by atoms with E-state index in [1.54, 1.807) is 12.3 Å². The SMILES string of the molecule is O=C(NCCC1CCCO1)c1ccncc1Cl. The van der Waals surface area contributed by atoms with Gasteiger partial charge >= 0.3 is 0 Å². The summed E-state index contributed by atoms with van der Waals surface area (Å²) in [7, 11) is 0. The number of carbonyl (C=O) groups is 1. The maximum Gasteiger partial charge on any atom is 0.252 e. The van der Waals surface area contributed by atoms with Crippen LogP contribution in [0, 0.1) is 0 Å². The summed E-state index contributed by atoms with van der Waals surface area (Å²) in [5.41, 5.74) is 0.467. The quantitative estimate of drug-likeness (QED) is 0.895. The molecule has 1 N–H and O–H groups in total. The highest BCUT2D eigenvalue weighted by atomic mass is 35.5. The molecular formula is C12H15ClN2O2. The van der Waals surface area contributed by atoms with Gasteiger partial charge in [0.05, 0.1) is 16.7 Å². The lowest BCUT2D eigenvalue weighted by molar-refractivity contribution is 0.0907. The highest BCUT2D eigenvalue weighted by Gasteiger charge is 2.16. The van der Waals surface area contributed by atoms with Crippen LogP contribution in [0.4, 0.5) is 0 Å². The second kappa shape index (κ2) is 5.98. The molecule has 1 amide bonds. The third-order valence-corrected chi connectivity index (χ3v) is 3.09.